The van der Waals surface area contributed by atoms with Crippen LogP contribution in [0.1, 0.15) is 18.1 Å². The molecule has 14 heteroatoms. The van der Waals surface area contributed by atoms with Crippen molar-refractivity contribution >= 4 is 74.9 Å². The highest BCUT2D eigenvalue weighted by atomic mass is 35.5. The molecule has 0 atom stereocenters. The molecule has 0 spiro atoms. The van der Waals surface area contributed by atoms with Gasteiger partial charge in [-0.25, -0.2) is 0 Å². The Kier molecular flexibility index (Phi) is 8.40. The van der Waals surface area contributed by atoms with Gasteiger partial charge in [0.05, 0.1) is 37.7 Å². The molecule has 0 unspecified atom stereocenters. The number of hydrogen-bond donors (Lipinski definition) is 0. The molecule has 0 saturated carbocycles. The molecule has 1 heterocycles. The maximum atomic E-state index is 13.1. The number of amides is 1. The van der Waals surface area contributed by atoms with Gasteiger partial charge in [0.15, 0.2) is 15.8 Å². The van der Waals surface area contributed by atoms with E-state index in [1.807, 2.05) is 0 Å². The number of carbonyl (C=O) groups is 1. The zero-order valence-corrected chi connectivity index (χ0v) is 22.8. The maximum absolute atomic E-state index is 13.1. The first kappa shape index (κ1) is 28.7. The van der Waals surface area contributed by atoms with E-state index in [4.69, 9.17) is 44.9 Å². The Bertz CT molecular complexity index is 1530. The Balaban J connectivity index is 1.64. The average molecular weight is 615 g/mol. The summed E-state index contributed by atoms with van der Waals surface area (Å²) >= 11 is 18.5. The fourth-order valence-electron chi connectivity index (χ4n) is 3.47. The van der Waals surface area contributed by atoms with Crippen LogP contribution in [0.5, 0.6) is 17.2 Å². The van der Waals surface area contributed by atoms with Gasteiger partial charge >= 0.3 is 11.9 Å². The van der Waals surface area contributed by atoms with Crippen LogP contribution < -0.4 is 14.4 Å². The molecule has 0 aliphatic carbocycles. The molecular weight excluding hydrogens is 600 g/mol. The highest BCUT2D eigenvalue weighted by molar-refractivity contribution is 8.27. The van der Waals surface area contributed by atoms with E-state index in [2.05, 4.69) is 0 Å². The lowest BCUT2D eigenvalue weighted by atomic mass is 10.1. The number of thiocarbonyl (C=S) groups is 1. The van der Waals surface area contributed by atoms with Crippen molar-refractivity contribution in [2.45, 2.75) is 13.1 Å². The number of thioether (sulfide) groups is 1. The minimum absolute atomic E-state index is 0.0280. The normalized spacial score (nSPS) is 14.7. The van der Waals surface area contributed by atoms with Crippen molar-refractivity contribution in [3.05, 3.63) is 90.8 Å². The van der Waals surface area contributed by atoms with Crippen LogP contribution in [0.2, 0.25) is 10.0 Å². The first-order valence-corrected chi connectivity index (χ1v) is 12.9. The van der Waals surface area contributed by atoms with E-state index >= 15 is 0 Å². The van der Waals surface area contributed by atoms with E-state index in [1.54, 1.807) is 31.2 Å². The lowest BCUT2D eigenvalue weighted by Gasteiger charge is -2.15. The van der Waals surface area contributed by atoms with Gasteiger partial charge in [0.2, 0.25) is 5.75 Å². The number of alkyl halides is 3. The Hall–Kier alpha value is -3.32. The molecule has 3 aromatic carbocycles. The van der Waals surface area contributed by atoms with Gasteiger partial charge in [-0.05, 0) is 61.0 Å². The van der Waals surface area contributed by atoms with Gasteiger partial charge in [0.25, 0.3) is 5.91 Å². The van der Waals surface area contributed by atoms with E-state index in [0.717, 1.165) is 17.8 Å². The molecule has 0 aromatic heterocycles. The highest BCUT2D eigenvalue weighted by Gasteiger charge is 2.35. The van der Waals surface area contributed by atoms with Crippen LogP contribution in [-0.2, 0) is 11.0 Å². The Morgan fingerprint density at radius 3 is 2.41 bits per heavy atom. The van der Waals surface area contributed by atoms with Crippen LogP contribution in [-0.4, -0.2) is 21.8 Å². The molecule has 3 aromatic rings. The molecular formula is C25H15Cl2F3N2O5S2. The molecule has 1 saturated heterocycles. The summed E-state index contributed by atoms with van der Waals surface area (Å²) in [4.78, 5) is 25.2. The van der Waals surface area contributed by atoms with Crippen LogP contribution in [0.25, 0.3) is 6.08 Å². The van der Waals surface area contributed by atoms with Crippen molar-refractivity contribution in [2.24, 2.45) is 0 Å². The topological polar surface area (TPSA) is 81.9 Å². The second kappa shape index (κ2) is 11.4. The van der Waals surface area contributed by atoms with Crippen molar-refractivity contribution in [1.82, 2.24) is 0 Å². The number of anilines is 1. The number of benzene rings is 3. The quantitative estimate of drug-likeness (QED) is 0.114. The third-order valence-corrected chi connectivity index (χ3v) is 7.26. The molecule has 1 aliphatic heterocycles. The third-order valence-electron chi connectivity index (χ3n) is 5.22. The number of nitro benzene ring substituents is 1. The van der Waals surface area contributed by atoms with Crippen LogP contribution in [0.3, 0.4) is 0 Å². The van der Waals surface area contributed by atoms with E-state index in [9.17, 15) is 28.1 Å². The Morgan fingerprint density at radius 2 is 1.77 bits per heavy atom. The number of nitro groups is 1. The van der Waals surface area contributed by atoms with Gasteiger partial charge in [-0.15, -0.1) is 0 Å². The van der Waals surface area contributed by atoms with Crippen molar-refractivity contribution in [3.8, 4) is 17.2 Å². The summed E-state index contributed by atoms with van der Waals surface area (Å²) in [5.41, 5.74) is -1.07. The van der Waals surface area contributed by atoms with E-state index in [-0.39, 0.29) is 33.4 Å². The van der Waals surface area contributed by atoms with Crippen molar-refractivity contribution in [2.75, 3.05) is 11.5 Å². The van der Waals surface area contributed by atoms with Crippen molar-refractivity contribution < 1.29 is 32.4 Å². The lowest BCUT2D eigenvalue weighted by Crippen LogP contribution is -2.27. The lowest BCUT2D eigenvalue weighted by molar-refractivity contribution is -0.385. The number of halogens is 5. The monoisotopic (exact) mass is 614 g/mol. The maximum Gasteiger partial charge on any atom is 0.416 e. The summed E-state index contributed by atoms with van der Waals surface area (Å²) in [5.74, 6) is -0.605. The largest absolute Gasteiger partial charge is 0.490 e. The van der Waals surface area contributed by atoms with E-state index in [1.165, 1.54) is 23.1 Å². The van der Waals surface area contributed by atoms with Gasteiger partial charge in [-0.3, -0.25) is 19.8 Å². The molecule has 1 aliphatic rings. The standard InChI is InChI=1S/C25H15Cl2F3N2O5S2/c1-2-36-21-9-13(10-22-23(33)31(24(38)39-22)15-5-6-16(26)17(27)12-15)3-7-20(21)37-19-8-4-14(25(28,29)30)11-18(19)32(34)35/h3-12H,2H2,1H3/b22-10-. The second-order valence-electron chi connectivity index (χ2n) is 7.79. The molecule has 0 bridgehead atoms. The zero-order chi connectivity index (χ0) is 28.5. The van der Waals surface area contributed by atoms with Crippen LogP contribution >= 0.6 is 47.2 Å². The molecule has 4 rings (SSSR count). The van der Waals surface area contributed by atoms with E-state index < -0.39 is 28.1 Å². The summed E-state index contributed by atoms with van der Waals surface area (Å²) in [6.45, 7) is 1.88. The predicted octanol–water partition coefficient (Wildman–Crippen LogP) is 8.52. The molecule has 7 nitrogen and oxygen atoms in total. The fraction of sp³-hybridized carbons (Fsp3) is 0.120. The second-order valence-corrected chi connectivity index (χ2v) is 10.3. The molecule has 1 fully saturated rings. The first-order chi connectivity index (χ1) is 18.4. The summed E-state index contributed by atoms with van der Waals surface area (Å²) in [7, 11) is 0. The van der Waals surface area contributed by atoms with Crippen molar-refractivity contribution in [1.29, 1.82) is 0 Å². The number of ether oxygens (including phenoxy) is 2. The number of hydrogen-bond acceptors (Lipinski definition) is 7. The predicted molar refractivity (Wildman–Crippen MR) is 148 cm³/mol. The minimum Gasteiger partial charge on any atom is -0.490 e. The minimum atomic E-state index is -4.76. The van der Waals surface area contributed by atoms with Crippen LogP contribution in [0, 0.1) is 10.1 Å². The van der Waals surface area contributed by atoms with Gasteiger partial charge in [0, 0.05) is 6.07 Å². The zero-order valence-electron chi connectivity index (χ0n) is 19.6. The van der Waals surface area contributed by atoms with E-state index in [0.29, 0.717) is 33.3 Å². The first-order valence-electron chi connectivity index (χ1n) is 10.9. The molecule has 202 valence electrons. The van der Waals surface area contributed by atoms with Crippen molar-refractivity contribution in [3.63, 3.8) is 0 Å². The number of carbonyl (C=O) groups excluding carboxylic acids is 1. The van der Waals surface area contributed by atoms with Crippen LogP contribution in [0.15, 0.2) is 59.5 Å². The smallest absolute Gasteiger partial charge is 0.416 e. The molecule has 39 heavy (non-hydrogen) atoms. The van der Waals surface area contributed by atoms with Gasteiger partial charge < -0.3 is 9.47 Å². The summed E-state index contributed by atoms with van der Waals surface area (Å²) in [6, 6.07) is 11.2. The fourth-order valence-corrected chi connectivity index (χ4v) is 5.07. The molecule has 1 amide bonds. The Labute approximate surface area is 239 Å². The third kappa shape index (κ3) is 6.30. The Morgan fingerprint density at radius 1 is 1.05 bits per heavy atom. The van der Waals surface area contributed by atoms with Gasteiger partial charge in [0.1, 0.15) is 0 Å². The van der Waals surface area contributed by atoms with Gasteiger partial charge in [-0.1, -0.05) is 53.2 Å². The molecule has 0 radical (unpaired) electrons. The SMILES string of the molecule is CCOc1cc(/C=C2\SC(=S)N(c3ccc(Cl)c(Cl)c3)C2=O)ccc1Oc1ccc(C(F)(F)F)cc1[N+](=O)[O-]. The van der Waals surface area contributed by atoms with Gasteiger partial charge in [-0.2, -0.15) is 13.2 Å². The highest BCUT2D eigenvalue weighted by Crippen LogP contribution is 2.42. The summed E-state index contributed by atoms with van der Waals surface area (Å²) < 4.78 is 50.6. The average Bonchev–Trinajstić information content (AvgIpc) is 3.14. The number of nitrogens with zero attached hydrogens (tertiary/aromatic N) is 2. The summed E-state index contributed by atoms with van der Waals surface area (Å²) in [6.07, 6.45) is -3.19. The summed E-state index contributed by atoms with van der Waals surface area (Å²) in [5, 5.41) is 12.0. The molecule has 0 N–H and O–H groups in total. The number of rotatable bonds is 7. The van der Waals surface area contributed by atoms with Crippen LogP contribution in [0.4, 0.5) is 24.5 Å².